The van der Waals surface area contributed by atoms with Crippen molar-refractivity contribution in [3.8, 4) is 11.4 Å². The molecule has 21 heavy (non-hydrogen) atoms. The van der Waals surface area contributed by atoms with E-state index in [0.29, 0.717) is 0 Å². The predicted octanol–water partition coefficient (Wildman–Crippen LogP) is 3.80. The zero-order valence-electron chi connectivity index (χ0n) is 13.1. The van der Waals surface area contributed by atoms with E-state index in [1.165, 1.54) is 36.8 Å². The van der Waals surface area contributed by atoms with Gasteiger partial charge in [-0.25, -0.2) is 4.98 Å². The van der Waals surface area contributed by atoms with E-state index in [0.717, 1.165) is 24.8 Å². The summed E-state index contributed by atoms with van der Waals surface area (Å²) in [4.78, 5) is 6.80. The van der Waals surface area contributed by atoms with E-state index in [-0.39, 0.29) is 0 Å². The highest BCUT2D eigenvalue weighted by Crippen LogP contribution is 2.28. The third-order valence-electron chi connectivity index (χ3n) is 4.33. The molecule has 0 saturated heterocycles. The molecule has 0 unspecified atom stereocenters. The second-order valence-corrected chi connectivity index (χ2v) is 6.49. The van der Waals surface area contributed by atoms with Crippen LogP contribution in [0.25, 0.3) is 11.4 Å². The van der Waals surface area contributed by atoms with Crippen molar-refractivity contribution in [3.05, 3.63) is 42.2 Å². The van der Waals surface area contributed by atoms with Crippen LogP contribution in [0.4, 0.5) is 0 Å². The van der Waals surface area contributed by atoms with Crippen LogP contribution in [0.5, 0.6) is 0 Å². The highest BCUT2D eigenvalue weighted by atomic mass is 15.1. The van der Waals surface area contributed by atoms with Gasteiger partial charge in [0.25, 0.3) is 0 Å². The smallest absolute Gasteiger partial charge is 0.139 e. The predicted molar refractivity (Wildman–Crippen MR) is 87.0 cm³/mol. The van der Waals surface area contributed by atoms with E-state index in [4.69, 9.17) is 0 Å². The largest absolute Gasteiger partial charge is 0.331 e. The molecule has 0 radical (unpaired) electrons. The molecular weight excluding hydrogens is 258 g/mol. The van der Waals surface area contributed by atoms with Crippen LogP contribution >= 0.6 is 0 Å². The lowest BCUT2D eigenvalue weighted by atomic mass is 10.1. The van der Waals surface area contributed by atoms with E-state index in [2.05, 4.69) is 59.0 Å². The Morgan fingerprint density at radius 1 is 1.24 bits per heavy atom. The number of hydrogen-bond acceptors (Lipinski definition) is 2. The Labute approximate surface area is 127 Å². The summed E-state index contributed by atoms with van der Waals surface area (Å²) in [6.07, 6.45) is 9.60. The average molecular weight is 283 g/mol. The first-order valence-corrected chi connectivity index (χ1v) is 7.97. The quantitative estimate of drug-likeness (QED) is 0.832. The Morgan fingerprint density at radius 2 is 2.05 bits per heavy atom. The van der Waals surface area contributed by atoms with E-state index >= 15 is 0 Å². The molecule has 1 aromatic heterocycles. The van der Waals surface area contributed by atoms with Gasteiger partial charge >= 0.3 is 0 Å². The van der Waals surface area contributed by atoms with Crippen LogP contribution in [0.15, 0.2) is 36.7 Å². The number of hydrogen-bond donors (Lipinski definition) is 0. The number of aromatic nitrogens is 2. The summed E-state index contributed by atoms with van der Waals surface area (Å²) in [5.74, 6) is 1.95. The molecule has 112 valence electrons. The fourth-order valence-electron chi connectivity index (χ4n) is 3.36. The van der Waals surface area contributed by atoms with E-state index in [1.54, 1.807) is 0 Å². The van der Waals surface area contributed by atoms with Gasteiger partial charge in [0.1, 0.15) is 5.82 Å². The molecule has 3 rings (SSSR count). The molecule has 0 aliphatic heterocycles. The molecule has 3 heteroatoms. The summed E-state index contributed by atoms with van der Waals surface area (Å²) in [6, 6.07) is 8.77. The zero-order valence-corrected chi connectivity index (χ0v) is 13.1. The molecule has 1 aliphatic rings. The molecule has 1 fully saturated rings. The van der Waals surface area contributed by atoms with Crippen molar-refractivity contribution < 1.29 is 0 Å². The number of benzene rings is 1. The topological polar surface area (TPSA) is 21.1 Å². The van der Waals surface area contributed by atoms with Gasteiger partial charge in [0.2, 0.25) is 0 Å². The van der Waals surface area contributed by atoms with Crippen LogP contribution < -0.4 is 0 Å². The van der Waals surface area contributed by atoms with E-state index < -0.39 is 0 Å². The van der Waals surface area contributed by atoms with Crippen LogP contribution in [-0.2, 0) is 13.1 Å². The Balaban J connectivity index is 1.81. The summed E-state index contributed by atoms with van der Waals surface area (Å²) in [7, 11) is 4.21. The molecule has 1 aromatic carbocycles. The fraction of sp³-hybridized carbons (Fsp3) is 0.500. The molecule has 0 amide bonds. The summed E-state index contributed by atoms with van der Waals surface area (Å²) in [5.41, 5.74) is 2.57. The van der Waals surface area contributed by atoms with Gasteiger partial charge < -0.3 is 9.47 Å². The van der Waals surface area contributed by atoms with Gasteiger partial charge in [-0.1, -0.05) is 31.0 Å². The van der Waals surface area contributed by atoms with Gasteiger partial charge in [0.15, 0.2) is 0 Å². The molecular formula is C18H25N3. The van der Waals surface area contributed by atoms with Crippen molar-refractivity contribution in [3.63, 3.8) is 0 Å². The third-order valence-corrected chi connectivity index (χ3v) is 4.33. The molecule has 1 saturated carbocycles. The molecule has 1 aliphatic carbocycles. The number of nitrogens with zero attached hydrogens (tertiary/aromatic N) is 3. The maximum Gasteiger partial charge on any atom is 0.139 e. The van der Waals surface area contributed by atoms with Crippen molar-refractivity contribution in [1.29, 1.82) is 0 Å². The Morgan fingerprint density at radius 3 is 2.81 bits per heavy atom. The zero-order chi connectivity index (χ0) is 14.7. The Bertz CT molecular complexity index is 580. The van der Waals surface area contributed by atoms with Crippen LogP contribution in [0.1, 0.15) is 31.2 Å². The lowest BCUT2D eigenvalue weighted by Gasteiger charge is -2.14. The summed E-state index contributed by atoms with van der Waals surface area (Å²) < 4.78 is 2.34. The van der Waals surface area contributed by atoms with Crippen LogP contribution in [0, 0.1) is 5.92 Å². The fourth-order valence-corrected chi connectivity index (χ4v) is 3.36. The van der Waals surface area contributed by atoms with Gasteiger partial charge in [0.05, 0.1) is 0 Å². The molecule has 0 spiro atoms. The van der Waals surface area contributed by atoms with Gasteiger partial charge in [-0.2, -0.15) is 0 Å². The van der Waals surface area contributed by atoms with Crippen molar-refractivity contribution in [2.75, 3.05) is 14.1 Å². The molecule has 3 nitrogen and oxygen atoms in total. The second-order valence-electron chi connectivity index (χ2n) is 6.49. The van der Waals surface area contributed by atoms with Crippen LogP contribution in [0.3, 0.4) is 0 Å². The minimum atomic E-state index is 0.836. The van der Waals surface area contributed by atoms with Gasteiger partial charge in [-0.3, -0.25) is 0 Å². The van der Waals surface area contributed by atoms with Crippen molar-refractivity contribution in [2.24, 2.45) is 5.92 Å². The lowest BCUT2D eigenvalue weighted by molar-refractivity contribution is 0.402. The minimum Gasteiger partial charge on any atom is -0.331 e. The molecule has 2 aromatic rings. The SMILES string of the molecule is CN(C)Cc1cccc(-c2nccn2CC2CCCC2)c1. The summed E-state index contributed by atoms with van der Waals surface area (Å²) in [6.45, 7) is 2.09. The maximum absolute atomic E-state index is 4.60. The van der Waals surface area contributed by atoms with Crippen LogP contribution in [-0.4, -0.2) is 28.5 Å². The summed E-state index contributed by atoms with van der Waals surface area (Å²) >= 11 is 0. The van der Waals surface area contributed by atoms with Crippen molar-refractivity contribution in [2.45, 2.75) is 38.8 Å². The van der Waals surface area contributed by atoms with Gasteiger partial charge in [-0.15, -0.1) is 0 Å². The normalized spacial score (nSPS) is 16.0. The Hall–Kier alpha value is -1.61. The average Bonchev–Trinajstić information content (AvgIpc) is 3.10. The number of rotatable bonds is 5. The van der Waals surface area contributed by atoms with Gasteiger partial charge in [-0.05, 0) is 44.5 Å². The molecule has 0 N–H and O–H groups in total. The molecule has 0 bridgehead atoms. The first-order valence-electron chi connectivity index (χ1n) is 7.97. The van der Waals surface area contributed by atoms with Crippen molar-refractivity contribution in [1.82, 2.24) is 14.5 Å². The lowest BCUT2D eigenvalue weighted by Crippen LogP contribution is -2.11. The Kier molecular flexibility index (Phi) is 4.39. The van der Waals surface area contributed by atoms with Gasteiger partial charge in [0, 0.05) is 31.0 Å². The van der Waals surface area contributed by atoms with E-state index in [9.17, 15) is 0 Å². The first kappa shape index (κ1) is 14.3. The minimum absolute atomic E-state index is 0.836. The highest BCUT2D eigenvalue weighted by Gasteiger charge is 2.17. The number of imidazole rings is 1. The third kappa shape index (κ3) is 3.53. The molecule has 0 atom stereocenters. The second kappa shape index (κ2) is 6.44. The van der Waals surface area contributed by atoms with E-state index in [1.807, 2.05) is 6.20 Å². The standard InChI is InChI=1S/C18H25N3/c1-20(2)13-16-8-5-9-17(12-16)18-19-10-11-21(18)14-15-6-3-4-7-15/h5,8-12,15H,3-4,6-7,13-14H2,1-2H3. The van der Waals surface area contributed by atoms with Crippen LogP contribution in [0.2, 0.25) is 0 Å². The summed E-state index contributed by atoms with van der Waals surface area (Å²) in [5, 5.41) is 0. The molecule has 1 heterocycles. The highest BCUT2D eigenvalue weighted by molar-refractivity contribution is 5.56. The maximum atomic E-state index is 4.60. The van der Waals surface area contributed by atoms with Crippen molar-refractivity contribution >= 4 is 0 Å². The monoisotopic (exact) mass is 283 g/mol. The first-order chi connectivity index (χ1) is 10.2.